The maximum Gasteiger partial charge on any atom is 0.287 e. The third-order valence-electron chi connectivity index (χ3n) is 2.08. The minimum absolute atomic E-state index is 0.251. The summed E-state index contributed by atoms with van der Waals surface area (Å²) in [5.41, 5.74) is 0. The van der Waals surface area contributed by atoms with Gasteiger partial charge in [0, 0.05) is 32.5 Å². The fraction of sp³-hybridized carbons (Fsp3) is 0.778. The largest absolute Gasteiger partial charge is 0.380 e. The zero-order valence-corrected chi connectivity index (χ0v) is 8.34. The molecule has 0 radical (unpaired) electrons. The second kappa shape index (κ2) is 5.72. The Balaban J connectivity index is 2.22. The number of ketones is 1. The van der Waals surface area contributed by atoms with E-state index in [4.69, 9.17) is 4.74 Å². The van der Waals surface area contributed by atoms with Crippen molar-refractivity contribution in [2.24, 2.45) is 5.92 Å². The van der Waals surface area contributed by atoms with Crippen LogP contribution in [0, 0.1) is 5.92 Å². The van der Waals surface area contributed by atoms with Gasteiger partial charge in [0.05, 0.1) is 13.2 Å². The van der Waals surface area contributed by atoms with Gasteiger partial charge in [-0.15, -0.1) is 0 Å². The molecular weight excluding hydrogens is 184 g/mol. The van der Waals surface area contributed by atoms with Gasteiger partial charge in [-0.3, -0.25) is 9.59 Å². The van der Waals surface area contributed by atoms with Gasteiger partial charge < -0.3 is 15.4 Å². The van der Waals surface area contributed by atoms with Crippen LogP contribution < -0.4 is 10.6 Å². The third-order valence-corrected chi connectivity index (χ3v) is 2.08. The summed E-state index contributed by atoms with van der Waals surface area (Å²) in [6, 6.07) is 0. The molecule has 0 aromatic heterocycles. The first-order valence-corrected chi connectivity index (χ1v) is 4.77. The van der Waals surface area contributed by atoms with Crippen LogP contribution in [0.5, 0.6) is 0 Å². The van der Waals surface area contributed by atoms with E-state index < -0.39 is 11.7 Å². The van der Waals surface area contributed by atoms with Gasteiger partial charge in [0.1, 0.15) is 0 Å². The molecule has 1 amide bonds. The van der Waals surface area contributed by atoms with E-state index in [0.717, 1.165) is 13.1 Å². The van der Waals surface area contributed by atoms with Crippen LogP contribution in [0.1, 0.15) is 6.92 Å². The summed E-state index contributed by atoms with van der Waals surface area (Å²) in [4.78, 5) is 21.6. The van der Waals surface area contributed by atoms with E-state index in [2.05, 4.69) is 10.6 Å². The molecule has 14 heavy (non-hydrogen) atoms. The smallest absolute Gasteiger partial charge is 0.287 e. The topological polar surface area (TPSA) is 67.4 Å². The Morgan fingerprint density at radius 3 is 3.07 bits per heavy atom. The Kier molecular flexibility index (Phi) is 4.55. The molecule has 0 aromatic carbocycles. The summed E-state index contributed by atoms with van der Waals surface area (Å²) in [7, 11) is 0. The molecule has 1 fully saturated rings. The van der Waals surface area contributed by atoms with Crippen molar-refractivity contribution >= 4 is 11.7 Å². The highest BCUT2D eigenvalue weighted by atomic mass is 16.5. The standard InChI is InChI=1S/C9H16N2O3/c1-7(12)9(13)11-5-8-4-10-2-3-14-6-8/h8,10H,2-6H2,1H3,(H,11,13). The number of carbonyl (C=O) groups excluding carboxylic acids is 2. The highest BCUT2D eigenvalue weighted by Gasteiger charge is 2.14. The molecule has 0 saturated carbocycles. The average Bonchev–Trinajstić information content (AvgIpc) is 2.42. The maximum absolute atomic E-state index is 10.9. The van der Waals surface area contributed by atoms with Crippen molar-refractivity contribution < 1.29 is 14.3 Å². The molecule has 1 saturated heterocycles. The lowest BCUT2D eigenvalue weighted by molar-refractivity contribution is -0.136. The molecule has 1 heterocycles. The summed E-state index contributed by atoms with van der Waals surface area (Å²) in [5.74, 6) is -0.720. The van der Waals surface area contributed by atoms with Crippen LogP contribution in [0.2, 0.25) is 0 Å². The van der Waals surface area contributed by atoms with Gasteiger partial charge in [-0.25, -0.2) is 0 Å². The Labute approximate surface area is 83.2 Å². The number of hydrogen-bond acceptors (Lipinski definition) is 4. The van der Waals surface area contributed by atoms with Crippen molar-refractivity contribution in [2.45, 2.75) is 6.92 Å². The number of amides is 1. The third kappa shape index (κ3) is 3.85. The van der Waals surface area contributed by atoms with Crippen molar-refractivity contribution in [3.63, 3.8) is 0 Å². The van der Waals surface area contributed by atoms with Crippen LogP contribution in [0.15, 0.2) is 0 Å². The number of nitrogens with one attached hydrogen (secondary N) is 2. The molecule has 2 N–H and O–H groups in total. The predicted molar refractivity (Wildman–Crippen MR) is 50.9 cm³/mol. The SMILES string of the molecule is CC(=O)C(=O)NCC1CNCCOC1. The zero-order chi connectivity index (χ0) is 10.4. The zero-order valence-electron chi connectivity index (χ0n) is 8.34. The predicted octanol–water partition coefficient (Wildman–Crippen LogP) is -1.07. The van der Waals surface area contributed by atoms with Crippen LogP contribution >= 0.6 is 0 Å². The van der Waals surface area contributed by atoms with Crippen molar-refractivity contribution in [1.29, 1.82) is 0 Å². The summed E-state index contributed by atoms with van der Waals surface area (Å²) in [6.45, 7) is 4.75. The molecular formula is C9H16N2O3. The quantitative estimate of drug-likeness (QED) is 0.569. The van der Waals surface area contributed by atoms with Gasteiger partial charge in [0.2, 0.25) is 5.78 Å². The highest BCUT2D eigenvalue weighted by Crippen LogP contribution is 1.97. The summed E-state index contributed by atoms with van der Waals surface area (Å²) in [6.07, 6.45) is 0. The van der Waals surface area contributed by atoms with E-state index in [1.165, 1.54) is 6.92 Å². The lowest BCUT2D eigenvalue weighted by Gasteiger charge is -2.13. The van der Waals surface area contributed by atoms with Crippen molar-refractivity contribution in [3.05, 3.63) is 0 Å². The van der Waals surface area contributed by atoms with Gasteiger partial charge in [-0.2, -0.15) is 0 Å². The second-order valence-corrected chi connectivity index (χ2v) is 3.41. The molecule has 0 bridgehead atoms. The summed E-state index contributed by atoms with van der Waals surface area (Å²) in [5, 5.41) is 5.76. The minimum Gasteiger partial charge on any atom is -0.380 e. The van der Waals surface area contributed by atoms with Crippen LogP contribution in [-0.4, -0.2) is 44.5 Å². The molecule has 0 spiro atoms. The van der Waals surface area contributed by atoms with E-state index in [-0.39, 0.29) is 5.92 Å². The lowest BCUT2D eigenvalue weighted by atomic mass is 10.1. The van der Waals surface area contributed by atoms with Gasteiger partial charge >= 0.3 is 0 Å². The van der Waals surface area contributed by atoms with E-state index in [1.807, 2.05) is 0 Å². The molecule has 80 valence electrons. The van der Waals surface area contributed by atoms with Gasteiger partial charge in [-0.1, -0.05) is 0 Å². The molecule has 1 rings (SSSR count). The van der Waals surface area contributed by atoms with E-state index >= 15 is 0 Å². The van der Waals surface area contributed by atoms with Gasteiger partial charge in [-0.05, 0) is 0 Å². The van der Waals surface area contributed by atoms with Crippen LogP contribution in [-0.2, 0) is 14.3 Å². The second-order valence-electron chi connectivity index (χ2n) is 3.41. The summed E-state index contributed by atoms with van der Waals surface area (Å²) >= 11 is 0. The molecule has 0 aromatic rings. The molecule has 0 aliphatic carbocycles. The van der Waals surface area contributed by atoms with Crippen molar-refractivity contribution in [1.82, 2.24) is 10.6 Å². The molecule has 1 unspecified atom stereocenters. The normalized spacial score (nSPS) is 22.5. The maximum atomic E-state index is 10.9. The molecule has 5 heteroatoms. The van der Waals surface area contributed by atoms with Gasteiger partial charge in [0.15, 0.2) is 0 Å². The fourth-order valence-electron chi connectivity index (χ4n) is 1.25. The van der Waals surface area contributed by atoms with Gasteiger partial charge in [0.25, 0.3) is 5.91 Å². The van der Waals surface area contributed by atoms with E-state index in [0.29, 0.717) is 19.8 Å². The Hall–Kier alpha value is -0.940. The average molecular weight is 200 g/mol. The molecule has 1 atom stereocenters. The number of ether oxygens (including phenoxy) is 1. The molecule has 5 nitrogen and oxygen atoms in total. The summed E-state index contributed by atoms with van der Waals surface area (Å²) < 4.78 is 5.30. The number of Topliss-reactive ketones (excluding diaryl/α,β-unsaturated/α-hetero) is 1. The first-order chi connectivity index (χ1) is 6.70. The van der Waals surface area contributed by atoms with Crippen molar-refractivity contribution in [2.75, 3.05) is 32.8 Å². The van der Waals surface area contributed by atoms with E-state index in [1.54, 1.807) is 0 Å². The first kappa shape index (κ1) is 11.1. The number of hydrogen-bond donors (Lipinski definition) is 2. The molecule has 1 aliphatic heterocycles. The minimum atomic E-state index is -0.519. The Morgan fingerprint density at radius 1 is 1.57 bits per heavy atom. The Morgan fingerprint density at radius 2 is 2.36 bits per heavy atom. The molecule has 1 aliphatic rings. The van der Waals surface area contributed by atoms with E-state index in [9.17, 15) is 9.59 Å². The van der Waals surface area contributed by atoms with Crippen LogP contribution in [0.4, 0.5) is 0 Å². The first-order valence-electron chi connectivity index (χ1n) is 4.77. The van der Waals surface area contributed by atoms with Crippen LogP contribution in [0.25, 0.3) is 0 Å². The van der Waals surface area contributed by atoms with Crippen molar-refractivity contribution in [3.8, 4) is 0 Å². The number of carbonyl (C=O) groups is 2. The number of rotatable bonds is 3. The lowest BCUT2D eigenvalue weighted by Crippen LogP contribution is -2.37. The highest BCUT2D eigenvalue weighted by molar-refractivity contribution is 6.35. The van der Waals surface area contributed by atoms with Crippen LogP contribution in [0.3, 0.4) is 0 Å². The Bertz CT molecular complexity index is 210. The monoisotopic (exact) mass is 200 g/mol. The fourth-order valence-corrected chi connectivity index (χ4v) is 1.25.